The molecule has 0 spiro atoms. The average Bonchev–Trinajstić information content (AvgIpc) is 3.31. The monoisotopic (exact) mass is 476 g/mol. The van der Waals surface area contributed by atoms with E-state index in [-0.39, 0.29) is 6.42 Å². The van der Waals surface area contributed by atoms with Crippen molar-refractivity contribution in [1.29, 1.82) is 0 Å². The maximum absolute atomic E-state index is 12.9. The molecule has 11 heteroatoms. The van der Waals surface area contributed by atoms with Crippen molar-refractivity contribution in [3.8, 4) is 0 Å². The van der Waals surface area contributed by atoms with Gasteiger partial charge >= 0.3 is 11.9 Å². The van der Waals surface area contributed by atoms with Crippen LogP contribution in [0.4, 0.5) is 0 Å². The number of amides is 3. The van der Waals surface area contributed by atoms with Gasteiger partial charge in [0.25, 0.3) is 0 Å². The number of benzene rings is 1. The third-order valence-corrected chi connectivity index (χ3v) is 5.53. The molecule has 2 rings (SSSR count). The first-order valence-electron chi connectivity index (χ1n) is 11.2. The Balaban J connectivity index is 2.08. The van der Waals surface area contributed by atoms with Gasteiger partial charge in [0.05, 0.1) is 12.5 Å². The van der Waals surface area contributed by atoms with E-state index in [9.17, 15) is 34.2 Å². The molecule has 1 saturated heterocycles. The maximum atomic E-state index is 12.9. The Morgan fingerprint density at radius 1 is 0.971 bits per heavy atom. The van der Waals surface area contributed by atoms with Gasteiger partial charge in [-0.25, -0.2) is 4.79 Å². The molecule has 6 N–H and O–H groups in total. The number of carbonyl (C=O) groups excluding carboxylic acids is 3. The van der Waals surface area contributed by atoms with Gasteiger partial charge in [-0.2, -0.15) is 0 Å². The molecule has 1 aliphatic rings. The largest absolute Gasteiger partial charge is 0.481 e. The smallest absolute Gasteiger partial charge is 0.326 e. The van der Waals surface area contributed by atoms with Gasteiger partial charge in [0, 0.05) is 6.42 Å². The average molecular weight is 477 g/mol. The Morgan fingerprint density at radius 3 is 2.18 bits per heavy atom. The molecule has 4 atom stereocenters. The number of carboxylic acids is 2. The van der Waals surface area contributed by atoms with Crippen molar-refractivity contribution in [2.24, 2.45) is 5.92 Å². The zero-order valence-corrected chi connectivity index (χ0v) is 19.2. The first kappa shape index (κ1) is 26.8. The van der Waals surface area contributed by atoms with Crippen molar-refractivity contribution in [2.45, 2.75) is 63.7 Å². The fourth-order valence-corrected chi connectivity index (χ4v) is 3.66. The SMILES string of the molecule is CC(C)C(NC(=O)C(CC(=O)O)NC(=O)C1CCCN1)C(=O)NC(Cc1ccccc1)C(=O)O. The molecule has 1 fully saturated rings. The number of hydrogen-bond acceptors (Lipinski definition) is 6. The van der Waals surface area contributed by atoms with Crippen molar-refractivity contribution in [2.75, 3.05) is 6.54 Å². The highest BCUT2D eigenvalue weighted by atomic mass is 16.4. The van der Waals surface area contributed by atoms with Crippen molar-refractivity contribution in [3.05, 3.63) is 35.9 Å². The molecule has 0 aliphatic carbocycles. The van der Waals surface area contributed by atoms with Crippen LogP contribution < -0.4 is 21.3 Å². The second-order valence-electron chi connectivity index (χ2n) is 8.63. The molecular formula is C23H32N4O7. The van der Waals surface area contributed by atoms with Crippen LogP contribution >= 0.6 is 0 Å². The third kappa shape index (κ3) is 8.14. The van der Waals surface area contributed by atoms with E-state index in [1.54, 1.807) is 44.2 Å². The van der Waals surface area contributed by atoms with Crippen LogP contribution in [0.25, 0.3) is 0 Å². The van der Waals surface area contributed by atoms with Crippen molar-refractivity contribution >= 4 is 29.7 Å². The van der Waals surface area contributed by atoms with Gasteiger partial charge in [0.1, 0.15) is 18.1 Å². The van der Waals surface area contributed by atoms with Crippen LogP contribution in [-0.2, 0) is 30.4 Å². The molecule has 0 aromatic heterocycles. The number of nitrogens with one attached hydrogen (secondary N) is 4. The summed E-state index contributed by atoms with van der Waals surface area (Å²) in [5.41, 5.74) is 0.713. The van der Waals surface area contributed by atoms with Gasteiger partial charge in [-0.05, 0) is 30.9 Å². The van der Waals surface area contributed by atoms with Gasteiger partial charge in [-0.15, -0.1) is 0 Å². The molecule has 1 aromatic carbocycles. The normalized spacial score (nSPS) is 17.9. The third-order valence-electron chi connectivity index (χ3n) is 5.53. The van der Waals surface area contributed by atoms with Crippen LogP contribution in [0.3, 0.4) is 0 Å². The summed E-state index contributed by atoms with van der Waals surface area (Å²) in [5, 5.41) is 29.1. The second kappa shape index (κ2) is 12.7. The Hall–Kier alpha value is -3.47. The van der Waals surface area contributed by atoms with Gasteiger partial charge in [0.2, 0.25) is 17.7 Å². The topological polar surface area (TPSA) is 174 Å². The maximum Gasteiger partial charge on any atom is 0.326 e. The molecule has 1 aromatic rings. The fourth-order valence-electron chi connectivity index (χ4n) is 3.66. The van der Waals surface area contributed by atoms with E-state index in [0.29, 0.717) is 18.5 Å². The first-order chi connectivity index (χ1) is 16.1. The predicted octanol–water partition coefficient (Wildman–Crippen LogP) is -0.349. The van der Waals surface area contributed by atoms with Crippen LogP contribution in [0.2, 0.25) is 0 Å². The molecule has 0 bridgehead atoms. The molecular weight excluding hydrogens is 444 g/mol. The van der Waals surface area contributed by atoms with E-state index < -0.39 is 66.2 Å². The minimum Gasteiger partial charge on any atom is -0.481 e. The molecule has 186 valence electrons. The van der Waals surface area contributed by atoms with Crippen LogP contribution in [0.5, 0.6) is 0 Å². The Morgan fingerprint density at radius 2 is 1.65 bits per heavy atom. The standard InChI is InChI=1S/C23H32N4O7/c1-13(2)19(22(32)26-17(23(33)34)11-14-7-4-3-5-8-14)27-21(31)16(12-18(28)29)25-20(30)15-9-6-10-24-15/h3-5,7-8,13,15-17,19,24H,6,9-12H2,1-2H3,(H,25,30)(H,26,32)(H,27,31)(H,28,29)(H,33,34). The van der Waals surface area contributed by atoms with E-state index in [1.807, 2.05) is 0 Å². The summed E-state index contributed by atoms with van der Waals surface area (Å²) in [6.07, 6.45) is 0.745. The molecule has 0 saturated carbocycles. The summed E-state index contributed by atoms with van der Waals surface area (Å²) >= 11 is 0. The van der Waals surface area contributed by atoms with E-state index in [0.717, 1.165) is 6.42 Å². The lowest BCUT2D eigenvalue weighted by molar-refractivity contribution is -0.143. The molecule has 34 heavy (non-hydrogen) atoms. The predicted molar refractivity (Wildman–Crippen MR) is 122 cm³/mol. The van der Waals surface area contributed by atoms with Gasteiger partial charge in [-0.3, -0.25) is 19.2 Å². The lowest BCUT2D eigenvalue weighted by Crippen LogP contribution is -2.58. The molecule has 0 radical (unpaired) electrons. The summed E-state index contributed by atoms with van der Waals surface area (Å²) in [6, 6.07) is 4.51. The Kier molecular flexibility index (Phi) is 9.99. The van der Waals surface area contributed by atoms with Crippen LogP contribution in [0, 0.1) is 5.92 Å². The van der Waals surface area contributed by atoms with E-state index in [1.165, 1.54) is 0 Å². The summed E-state index contributed by atoms with van der Waals surface area (Å²) in [5.74, 6) is -5.00. The highest BCUT2D eigenvalue weighted by Gasteiger charge is 2.33. The van der Waals surface area contributed by atoms with Crippen molar-refractivity contribution in [3.63, 3.8) is 0 Å². The first-order valence-corrected chi connectivity index (χ1v) is 11.2. The molecule has 4 unspecified atom stereocenters. The summed E-state index contributed by atoms with van der Waals surface area (Å²) in [4.78, 5) is 61.1. The highest BCUT2D eigenvalue weighted by Crippen LogP contribution is 2.09. The molecule has 3 amide bonds. The minimum absolute atomic E-state index is 0.0484. The van der Waals surface area contributed by atoms with Crippen LogP contribution in [0.15, 0.2) is 30.3 Å². The van der Waals surface area contributed by atoms with Crippen LogP contribution in [-0.4, -0.2) is 70.6 Å². The number of aliphatic carboxylic acids is 2. The summed E-state index contributed by atoms with van der Waals surface area (Å²) in [7, 11) is 0. The zero-order valence-electron chi connectivity index (χ0n) is 19.2. The van der Waals surface area contributed by atoms with Crippen LogP contribution in [0.1, 0.15) is 38.7 Å². The molecule has 1 heterocycles. The Labute approximate surface area is 197 Å². The summed E-state index contributed by atoms with van der Waals surface area (Å²) < 4.78 is 0. The lowest BCUT2D eigenvalue weighted by atomic mass is 10.0. The molecule has 1 aliphatic heterocycles. The van der Waals surface area contributed by atoms with E-state index in [2.05, 4.69) is 21.3 Å². The van der Waals surface area contributed by atoms with Crippen molar-refractivity contribution in [1.82, 2.24) is 21.3 Å². The van der Waals surface area contributed by atoms with Gasteiger partial charge in [-0.1, -0.05) is 44.2 Å². The summed E-state index contributed by atoms with van der Waals surface area (Å²) in [6.45, 7) is 3.96. The highest BCUT2D eigenvalue weighted by molar-refractivity contribution is 5.95. The number of hydrogen-bond donors (Lipinski definition) is 6. The van der Waals surface area contributed by atoms with Gasteiger partial charge in [0.15, 0.2) is 0 Å². The van der Waals surface area contributed by atoms with E-state index in [4.69, 9.17) is 0 Å². The zero-order chi connectivity index (χ0) is 25.3. The fraction of sp³-hybridized carbons (Fsp3) is 0.522. The van der Waals surface area contributed by atoms with Gasteiger partial charge < -0.3 is 31.5 Å². The second-order valence-corrected chi connectivity index (χ2v) is 8.63. The number of rotatable bonds is 12. The van der Waals surface area contributed by atoms with E-state index >= 15 is 0 Å². The minimum atomic E-state index is -1.39. The number of carbonyl (C=O) groups is 5. The molecule has 11 nitrogen and oxygen atoms in total. The Bertz CT molecular complexity index is 885. The number of carboxylic acid groups (broad SMARTS) is 2. The lowest BCUT2D eigenvalue weighted by Gasteiger charge is -2.26. The quantitative estimate of drug-likeness (QED) is 0.237. The van der Waals surface area contributed by atoms with Crippen molar-refractivity contribution < 1.29 is 34.2 Å².